The Balaban J connectivity index is 2.15. The lowest BCUT2D eigenvalue weighted by Crippen LogP contribution is -2.25. The van der Waals surface area contributed by atoms with Crippen LogP contribution in [0.3, 0.4) is 0 Å². The van der Waals surface area contributed by atoms with Crippen molar-refractivity contribution in [2.45, 2.75) is 37.5 Å². The van der Waals surface area contributed by atoms with Crippen LogP contribution in [0, 0.1) is 13.8 Å². The molecule has 2 heterocycles. The van der Waals surface area contributed by atoms with E-state index in [0.29, 0.717) is 12.2 Å². The van der Waals surface area contributed by atoms with Crippen LogP contribution in [0.15, 0.2) is 34.7 Å². The molecule has 1 unspecified atom stereocenters. The Bertz CT molecular complexity index is 887. The molecule has 6 heteroatoms. The van der Waals surface area contributed by atoms with Crippen LogP contribution < -0.4 is 5.73 Å². The second-order valence-corrected chi connectivity index (χ2v) is 7.74. The third-order valence-electron chi connectivity index (χ3n) is 3.82. The van der Waals surface area contributed by atoms with Gasteiger partial charge in [0.05, 0.1) is 10.6 Å². The van der Waals surface area contributed by atoms with Crippen molar-refractivity contribution in [2.24, 2.45) is 5.73 Å². The molecule has 4 nitrogen and oxygen atoms in total. The zero-order chi connectivity index (χ0) is 17.3. The molecule has 2 aromatic heterocycles. The van der Waals surface area contributed by atoms with E-state index in [1.165, 1.54) is 17.3 Å². The summed E-state index contributed by atoms with van der Waals surface area (Å²) in [5.41, 5.74) is 8.98. The zero-order valence-corrected chi connectivity index (χ0v) is 15.5. The van der Waals surface area contributed by atoms with Gasteiger partial charge < -0.3 is 5.73 Å². The molecule has 3 aromatic rings. The summed E-state index contributed by atoms with van der Waals surface area (Å²) < 4.78 is 0. The molecule has 0 spiro atoms. The fourth-order valence-corrected chi connectivity index (χ4v) is 4.64. The minimum absolute atomic E-state index is 0.284. The predicted octanol–water partition coefficient (Wildman–Crippen LogP) is 4.33. The molecule has 24 heavy (non-hydrogen) atoms. The van der Waals surface area contributed by atoms with Gasteiger partial charge in [0.2, 0.25) is 5.91 Å². The quantitative estimate of drug-likeness (QED) is 0.545. The molecular formula is C18H19N3OS2. The number of aryl methyl sites for hydroxylation is 2. The van der Waals surface area contributed by atoms with Gasteiger partial charge >= 0.3 is 0 Å². The molecule has 0 aliphatic heterocycles. The van der Waals surface area contributed by atoms with Crippen LogP contribution in [0.25, 0.3) is 21.3 Å². The first-order valence-corrected chi connectivity index (χ1v) is 9.54. The number of thioether (sulfide) groups is 1. The van der Waals surface area contributed by atoms with Gasteiger partial charge in [0.25, 0.3) is 0 Å². The maximum atomic E-state index is 11.6. The van der Waals surface area contributed by atoms with Crippen molar-refractivity contribution in [3.8, 4) is 11.1 Å². The van der Waals surface area contributed by atoms with Gasteiger partial charge in [-0.1, -0.05) is 48.5 Å². The number of thiophene rings is 1. The number of aromatic nitrogens is 2. The second kappa shape index (κ2) is 6.91. The van der Waals surface area contributed by atoms with Crippen LogP contribution in [-0.4, -0.2) is 21.1 Å². The van der Waals surface area contributed by atoms with Crippen LogP contribution >= 0.6 is 23.1 Å². The Labute approximate surface area is 149 Å². The van der Waals surface area contributed by atoms with E-state index < -0.39 is 0 Å². The number of carbonyl (C=O) groups is 1. The number of hydrogen-bond donors (Lipinski definition) is 1. The Kier molecular flexibility index (Phi) is 4.87. The molecule has 0 aliphatic rings. The number of carbonyl (C=O) groups excluding carboxylic acids is 1. The molecule has 2 N–H and O–H groups in total. The fraction of sp³-hybridized carbons (Fsp3) is 0.278. The van der Waals surface area contributed by atoms with Gasteiger partial charge in [-0.05, 0) is 25.8 Å². The molecule has 1 amide bonds. The molecule has 0 aliphatic carbocycles. The summed E-state index contributed by atoms with van der Waals surface area (Å²) in [5, 5.41) is 3.67. The Morgan fingerprint density at radius 3 is 2.58 bits per heavy atom. The van der Waals surface area contributed by atoms with Gasteiger partial charge in [-0.3, -0.25) is 4.79 Å². The van der Waals surface area contributed by atoms with Crippen molar-refractivity contribution in [2.75, 3.05) is 0 Å². The zero-order valence-electron chi connectivity index (χ0n) is 13.9. The van der Waals surface area contributed by atoms with Crippen molar-refractivity contribution in [3.05, 3.63) is 41.0 Å². The van der Waals surface area contributed by atoms with Crippen LogP contribution in [-0.2, 0) is 4.79 Å². The predicted molar refractivity (Wildman–Crippen MR) is 101 cm³/mol. The number of primary amides is 1. The SMILES string of the molecule is CCC(Sc1nc(C)nc2scc(-c3ccc(C)cc3)c12)C(N)=O. The number of nitrogens with two attached hydrogens (primary N) is 1. The van der Waals surface area contributed by atoms with Crippen LogP contribution in [0.5, 0.6) is 0 Å². The first-order valence-electron chi connectivity index (χ1n) is 7.78. The smallest absolute Gasteiger partial charge is 0.230 e. The highest BCUT2D eigenvalue weighted by molar-refractivity contribution is 8.00. The summed E-state index contributed by atoms with van der Waals surface area (Å²) in [7, 11) is 0. The molecule has 0 bridgehead atoms. The Morgan fingerprint density at radius 1 is 1.25 bits per heavy atom. The average Bonchev–Trinajstić information content (AvgIpc) is 2.96. The third-order valence-corrected chi connectivity index (χ3v) is 6.06. The van der Waals surface area contributed by atoms with E-state index in [4.69, 9.17) is 5.73 Å². The number of hydrogen-bond acceptors (Lipinski definition) is 5. The largest absolute Gasteiger partial charge is 0.369 e. The summed E-state index contributed by atoms with van der Waals surface area (Å²) in [6, 6.07) is 8.41. The highest BCUT2D eigenvalue weighted by Crippen LogP contribution is 2.39. The lowest BCUT2D eigenvalue weighted by Gasteiger charge is -2.12. The molecular weight excluding hydrogens is 338 g/mol. The van der Waals surface area contributed by atoms with Crippen LogP contribution in [0.4, 0.5) is 0 Å². The third kappa shape index (κ3) is 3.30. The standard InChI is InChI=1S/C18H19N3OS2/c1-4-14(16(19)22)24-18-15-13(12-7-5-10(2)6-8-12)9-23-17(15)20-11(3)21-18/h5-9,14H,4H2,1-3H3,(H2,19,22). The molecule has 0 radical (unpaired) electrons. The number of nitrogens with zero attached hydrogens (tertiary/aromatic N) is 2. The van der Waals surface area contributed by atoms with E-state index >= 15 is 0 Å². The summed E-state index contributed by atoms with van der Waals surface area (Å²) in [6.07, 6.45) is 0.675. The van der Waals surface area contributed by atoms with E-state index in [-0.39, 0.29) is 11.2 Å². The van der Waals surface area contributed by atoms with Crippen LogP contribution in [0.1, 0.15) is 24.7 Å². The van der Waals surface area contributed by atoms with Gasteiger partial charge in [0, 0.05) is 10.9 Å². The Hall–Kier alpha value is -1.92. The summed E-state index contributed by atoms with van der Waals surface area (Å²) in [5.74, 6) is 0.403. The van der Waals surface area contributed by atoms with Crippen molar-refractivity contribution in [1.82, 2.24) is 9.97 Å². The minimum atomic E-state index is -0.306. The molecule has 1 atom stereocenters. The van der Waals surface area contributed by atoms with E-state index in [1.54, 1.807) is 11.3 Å². The molecule has 0 saturated carbocycles. The Morgan fingerprint density at radius 2 is 1.96 bits per heavy atom. The molecule has 0 fully saturated rings. The highest BCUT2D eigenvalue weighted by atomic mass is 32.2. The van der Waals surface area contributed by atoms with Gasteiger partial charge in [-0.15, -0.1) is 11.3 Å². The first kappa shape index (κ1) is 16.9. The van der Waals surface area contributed by atoms with Crippen molar-refractivity contribution in [1.29, 1.82) is 0 Å². The summed E-state index contributed by atoms with van der Waals surface area (Å²) in [6.45, 7) is 5.91. The number of benzene rings is 1. The lowest BCUT2D eigenvalue weighted by atomic mass is 10.1. The normalized spacial score (nSPS) is 12.5. The topological polar surface area (TPSA) is 68.9 Å². The van der Waals surface area contributed by atoms with E-state index in [1.807, 2.05) is 13.8 Å². The van der Waals surface area contributed by atoms with Gasteiger partial charge in [0.15, 0.2) is 0 Å². The molecule has 3 rings (SSSR count). The first-order chi connectivity index (χ1) is 11.5. The average molecular weight is 358 g/mol. The van der Waals surface area contributed by atoms with E-state index in [2.05, 4.69) is 46.5 Å². The molecule has 124 valence electrons. The summed E-state index contributed by atoms with van der Waals surface area (Å²) in [4.78, 5) is 21.7. The number of fused-ring (bicyclic) bond motifs is 1. The molecule has 1 aromatic carbocycles. The highest BCUT2D eigenvalue weighted by Gasteiger charge is 2.20. The lowest BCUT2D eigenvalue weighted by molar-refractivity contribution is -0.117. The minimum Gasteiger partial charge on any atom is -0.369 e. The maximum Gasteiger partial charge on any atom is 0.230 e. The fourth-order valence-electron chi connectivity index (χ4n) is 2.52. The van der Waals surface area contributed by atoms with E-state index in [9.17, 15) is 4.79 Å². The van der Waals surface area contributed by atoms with Crippen molar-refractivity contribution >= 4 is 39.2 Å². The monoisotopic (exact) mass is 357 g/mol. The van der Waals surface area contributed by atoms with Gasteiger partial charge in [-0.2, -0.15) is 0 Å². The van der Waals surface area contributed by atoms with E-state index in [0.717, 1.165) is 26.4 Å². The number of amides is 1. The van der Waals surface area contributed by atoms with Gasteiger partial charge in [-0.25, -0.2) is 9.97 Å². The number of rotatable bonds is 5. The second-order valence-electron chi connectivity index (χ2n) is 5.69. The van der Waals surface area contributed by atoms with Crippen molar-refractivity contribution < 1.29 is 4.79 Å². The summed E-state index contributed by atoms with van der Waals surface area (Å²) >= 11 is 3.04. The maximum absolute atomic E-state index is 11.6. The molecule has 0 saturated heterocycles. The van der Waals surface area contributed by atoms with Crippen molar-refractivity contribution in [3.63, 3.8) is 0 Å². The van der Waals surface area contributed by atoms with Crippen LogP contribution in [0.2, 0.25) is 0 Å². The van der Waals surface area contributed by atoms with Gasteiger partial charge in [0.1, 0.15) is 15.7 Å².